The number of nitrogens with two attached hydrogens (primary N) is 1. The number of ether oxygens (including phenoxy) is 1. The number of anilines is 2. The van der Waals surface area contributed by atoms with Crippen LogP contribution < -0.4 is 20.4 Å². The number of morpholine rings is 1. The third-order valence-corrected chi connectivity index (χ3v) is 14.2. The van der Waals surface area contributed by atoms with Crippen molar-refractivity contribution < 1.29 is 34.1 Å². The molecule has 60 heavy (non-hydrogen) atoms. The zero-order valence-corrected chi connectivity index (χ0v) is 36.4. The Kier molecular flexibility index (Phi) is 16.9. The molecule has 12 nitrogen and oxygen atoms in total. The van der Waals surface area contributed by atoms with Gasteiger partial charge in [-0.05, 0) is 104 Å². The zero-order chi connectivity index (χ0) is 41.0. The number of carbonyl (C=O) groups is 1. The molecule has 2 aliphatic heterocycles. The maximum absolute atomic E-state index is 13.5. The fraction of sp³-hybridized carbons (Fsp3) is 0.400. The van der Waals surface area contributed by atoms with Gasteiger partial charge in [0.05, 0.1) is 23.8 Å². The van der Waals surface area contributed by atoms with Crippen molar-refractivity contribution in [2.75, 3.05) is 81.5 Å². The molecular weight excluding hydrogens is 820 g/mol. The number of hydrogen-bond donors (Lipinski definition) is 4. The number of carbonyl (C=O) groups excluding carboxylic acids is 1. The number of thioether (sulfide) groups is 1. The summed E-state index contributed by atoms with van der Waals surface area (Å²) in [5, 5.41) is 14.5. The number of rotatable bonds is 16. The number of allylic oxidation sites excluding steroid dienone is 1. The highest BCUT2D eigenvalue weighted by molar-refractivity contribution is 7.99. The van der Waals surface area contributed by atoms with Gasteiger partial charge < -0.3 is 20.4 Å². The molecule has 1 atom stereocenters. The molecular formula is C45H58ClN6O6S2+. The van der Waals surface area contributed by atoms with Gasteiger partial charge in [-0.25, -0.2) is 18.3 Å². The van der Waals surface area contributed by atoms with E-state index in [1.54, 1.807) is 35.5 Å². The molecule has 0 saturated carbocycles. The smallest absolute Gasteiger partial charge is 0.264 e. The standard InChI is InChI=1S/C45H55ClN6O5S2.H2O/c46-37-15-11-34(12-16-37)42-10-6-1-3-7-36(42)32-51-23-25-52(26-24-51)39-17-13-35(14-18-39)45(53)49-59(55,56)41-19-20-43(44(31-41)48-54)47-38(21-22-50-27-29-57-30-28-50)33-58-40-8-4-2-5-9-40;/h2,4-5,8-9,11-20,31,38,47-48,54H,1,3,6-7,10,21-30,32-33H2,(H,49,53);1H2/p+1/t38-;/m1./s1. The molecule has 3 aliphatic rings. The molecule has 1 aliphatic carbocycles. The summed E-state index contributed by atoms with van der Waals surface area (Å²) in [6, 6.07) is 30.1. The molecule has 2 fully saturated rings. The Morgan fingerprint density at radius 1 is 0.850 bits per heavy atom. The molecule has 2 saturated heterocycles. The maximum atomic E-state index is 13.5. The fourth-order valence-corrected chi connectivity index (χ4v) is 10.2. The predicted octanol–water partition coefficient (Wildman–Crippen LogP) is 6.05. The first-order valence-corrected chi connectivity index (χ1v) is 23.6. The van der Waals surface area contributed by atoms with E-state index in [1.165, 1.54) is 42.5 Å². The summed E-state index contributed by atoms with van der Waals surface area (Å²) in [4.78, 5) is 21.6. The molecule has 0 unspecified atom stereocenters. The van der Waals surface area contributed by atoms with Gasteiger partial charge in [0.25, 0.3) is 15.9 Å². The van der Waals surface area contributed by atoms with Crippen LogP contribution in [0.15, 0.2) is 112 Å². The third kappa shape index (κ3) is 12.6. The molecule has 0 aromatic heterocycles. The highest BCUT2D eigenvalue weighted by Gasteiger charge is 2.25. The second-order valence-corrected chi connectivity index (χ2v) is 18.7. The summed E-state index contributed by atoms with van der Waals surface area (Å²) >= 11 is 7.94. The molecule has 7 rings (SSSR count). The summed E-state index contributed by atoms with van der Waals surface area (Å²) in [7, 11) is -4.24. The number of quaternary nitrogens is 1. The number of piperazine rings is 1. The van der Waals surface area contributed by atoms with Crippen molar-refractivity contribution in [3.05, 3.63) is 119 Å². The van der Waals surface area contributed by atoms with Crippen LogP contribution in [0.25, 0.3) is 5.57 Å². The topological polar surface area (TPSA) is 163 Å². The molecule has 0 bridgehead atoms. The number of nitrogens with one attached hydrogen (secondary N) is 2. The molecule has 15 heteroatoms. The van der Waals surface area contributed by atoms with Crippen molar-refractivity contribution in [1.82, 2.24) is 14.5 Å². The Morgan fingerprint density at radius 3 is 2.28 bits per heavy atom. The van der Waals surface area contributed by atoms with E-state index in [0.29, 0.717) is 11.4 Å². The summed E-state index contributed by atoms with van der Waals surface area (Å²) in [6.07, 6.45) is 6.79. The van der Waals surface area contributed by atoms with Gasteiger partial charge in [0.15, 0.2) is 5.69 Å². The quantitative estimate of drug-likeness (QED) is 0.0593. The Bertz CT molecular complexity index is 2130. The first-order chi connectivity index (χ1) is 28.7. The predicted molar refractivity (Wildman–Crippen MR) is 241 cm³/mol. The summed E-state index contributed by atoms with van der Waals surface area (Å²) in [6.45, 7) is 8.67. The summed E-state index contributed by atoms with van der Waals surface area (Å²) in [5.74, 6) is 0.0578. The lowest BCUT2D eigenvalue weighted by Gasteiger charge is -2.37. The normalized spacial score (nSPS) is 17.4. The second kappa shape index (κ2) is 22.2. The minimum absolute atomic E-state index is 0. The maximum Gasteiger partial charge on any atom is 0.264 e. The van der Waals surface area contributed by atoms with E-state index in [0.717, 1.165) is 112 Å². The van der Waals surface area contributed by atoms with E-state index >= 15 is 0 Å². The molecule has 1 amide bonds. The minimum atomic E-state index is -4.24. The van der Waals surface area contributed by atoms with E-state index in [1.807, 2.05) is 42.5 Å². The summed E-state index contributed by atoms with van der Waals surface area (Å²) in [5.41, 5.74) is 7.38. The van der Waals surface area contributed by atoms with Gasteiger partial charge in [-0.2, -0.15) is 5.48 Å². The second-order valence-electron chi connectivity index (χ2n) is 15.5. The zero-order valence-electron chi connectivity index (χ0n) is 34.0. The minimum Gasteiger partial charge on any atom is -0.412 e. The lowest BCUT2D eigenvalue weighted by molar-refractivity contribution is -0.825. The molecule has 322 valence electrons. The molecule has 2 heterocycles. The number of nitrogens with zero attached hydrogens (tertiary/aromatic N) is 3. The molecule has 4 aromatic carbocycles. The SMILES string of the molecule is O.O=C(NS(=O)(=O)c1ccc(N[C@H](CCN2CCOCC2)CSc2ccccc2)c([NH2+]O)c1)c1ccc(N2CCN(CC3=C(c4ccc(Cl)cc4)CCCCC3)CC2)cc1. The van der Waals surface area contributed by atoms with Crippen LogP contribution in [0.4, 0.5) is 17.1 Å². The van der Waals surface area contributed by atoms with Gasteiger partial charge in [-0.15, -0.1) is 11.8 Å². The van der Waals surface area contributed by atoms with Gasteiger partial charge in [0, 0.05) is 91.4 Å². The van der Waals surface area contributed by atoms with Gasteiger partial charge >= 0.3 is 0 Å². The highest BCUT2D eigenvalue weighted by atomic mass is 35.5. The Balaban J connectivity index is 0.00000604. The van der Waals surface area contributed by atoms with Crippen molar-refractivity contribution in [2.24, 2.45) is 0 Å². The first-order valence-electron chi connectivity index (χ1n) is 20.7. The molecule has 7 N–H and O–H groups in total. The monoisotopic (exact) mass is 877 g/mol. The summed E-state index contributed by atoms with van der Waals surface area (Å²) < 4.78 is 34.7. The van der Waals surface area contributed by atoms with E-state index < -0.39 is 15.9 Å². The van der Waals surface area contributed by atoms with Crippen LogP contribution in [0.2, 0.25) is 5.02 Å². The van der Waals surface area contributed by atoms with Gasteiger partial charge in [-0.3, -0.25) is 14.6 Å². The lowest BCUT2D eigenvalue weighted by Crippen LogP contribution is -2.74. The number of sulfonamides is 1. The average Bonchev–Trinajstić information content (AvgIpc) is 3.51. The van der Waals surface area contributed by atoms with Crippen molar-refractivity contribution in [3.8, 4) is 0 Å². The lowest BCUT2D eigenvalue weighted by atomic mass is 9.95. The van der Waals surface area contributed by atoms with Crippen molar-refractivity contribution in [2.45, 2.75) is 54.4 Å². The van der Waals surface area contributed by atoms with Crippen molar-refractivity contribution in [1.29, 1.82) is 0 Å². The third-order valence-electron chi connectivity index (χ3n) is 11.5. The van der Waals surface area contributed by atoms with E-state index in [9.17, 15) is 18.4 Å². The molecule has 0 radical (unpaired) electrons. The first kappa shape index (κ1) is 45.6. The van der Waals surface area contributed by atoms with Gasteiger partial charge in [0.2, 0.25) is 0 Å². The average molecular weight is 879 g/mol. The van der Waals surface area contributed by atoms with E-state index in [2.05, 4.69) is 49.0 Å². The van der Waals surface area contributed by atoms with Crippen LogP contribution in [-0.2, 0) is 14.8 Å². The Morgan fingerprint density at radius 2 is 1.57 bits per heavy atom. The highest BCUT2D eigenvalue weighted by Crippen LogP contribution is 2.33. The van der Waals surface area contributed by atoms with Crippen LogP contribution >= 0.6 is 23.4 Å². The number of amides is 1. The fourth-order valence-electron chi connectivity index (χ4n) is 8.06. The van der Waals surface area contributed by atoms with Crippen LogP contribution in [0.5, 0.6) is 0 Å². The largest absolute Gasteiger partial charge is 0.412 e. The van der Waals surface area contributed by atoms with Gasteiger partial charge in [0.1, 0.15) is 0 Å². The van der Waals surface area contributed by atoms with Crippen LogP contribution in [0.3, 0.4) is 0 Å². The van der Waals surface area contributed by atoms with E-state index in [4.69, 9.17) is 16.3 Å². The van der Waals surface area contributed by atoms with Crippen molar-refractivity contribution in [3.63, 3.8) is 0 Å². The molecule has 4 aromatic rings. The van der Waals surface area contributed by atoms with Crippen LogP contribution in [-0.4, -0.2) is 112 Å². The number of benzene rings is 4. The molecule has 0 spiro atoms. The Labute approximate surface area is 363 Å². The van der Waals surface area contributed by atoms with Crippen LogP contribution in [0.1, 0.15) is 54.4 Å². The van der Waals surface area contributed by atoms with E-state index in [-0.39, 0.29) is 22.0 Å². The number of halogens is 1. The Hall–Kier alpha value is -3.96. The number of hydrogen-bond acceptors (Lipinski definition) is 10. The van der Waals surface area contributed by atoms with Crippen LogP contribution in [0, 0.1) is 0 Å². The van der Waals surface area contributed by atoms with Crippen molar-refractivity contribution >= 4 is 61.9 Å². The van der Waals surface area contributed by atoms with Gasteiger partial charge in [-0.1, -0.05) is 53.9 Å².